The van der Waals surface area contributed by atoms with Gasteiger partial charge in [0, 0.05) is 5.02 Å². The third-order valence-corrected chi connectivity index (χ3v) is 3.69. The van der Waals surface area contributed by atoms with E-state index in [0.717, 1.165) is 30.4 Å². The molecular formula is C12H14ClN3O. The SMILES string of the molecule is CN1CCCC1n1c(=O)[nH]c2ccc(Cl)cc21. The Morgan fingerprint density at radius 3 is 3.00 bits per heavy atom. The second-order valence-corrected chi connectivity index (χ2v) is 5.00. The lowest BCUT2D eigenvalue weighted by Gasteiger charge is -2.20. The van der Waals surface area contributed by atoms with Gasteiger partial charge in [0.1, 0.15) is 0 Å². The molecule has 4 nitrogen and oxygen atoms in total. The number of benzene rings is 1. The largest absolute Gasteiger partial charge is 0.327 e. The van der Waals surface area contributed by atoms with E-state index in [2.05, 4.69) is 9.88 Å². The van der Waals surface area contributed by atoms with Crippen molar-refractivity contribution in [2.24, 2.45) is 0 Å². The van der Waals surface area contributed by atoms with Gasteiger partial charge in [-0.2, -0.15) is 0 Å². The van der Waals surface area contributed by atoms with E-state index < -0.39 is 0 Å². The molecule has 1 N–H and O–H groups in total. The fraction of sp³-hybridized carbons (Fsp3) is 0.417. The predicted molar refractivity (Wildman–Crippen MR) is 68.5 cm³/mol. The van der Waals surface area contributed by atoms with Crippen LogP contribution in [-0.4, -0.2) is 28.0 Å². The smallest absolute Gasteiger partial charge is 0.305 e. The van der Waals surface area contributed by atoms with Crippen molar-refractivity contribution < 1.29 is 0 Å². The van der Waals surface area contributed by atoms with Crippen LogP contribution in [0.2, 0.25) is 5.02 Å². The Balaban J connectivity index is 2.24. The summed E-state index contributed by atoms with van der Waals surface area (Å²) in [4.78, 5) is 17.1. The minimum Gasteiger partial charge on any atom is -0.305 e. The lowest BCUT2D eigenvalue weighted by Crippen LogP contribution is -2.30. The molecule has 2 heterocycles. The van der Waals surface area contributed by atoms with Crippen molar-refractivity contribution in [3.05, 3.63) is 33.7 Å². The van der Waals surface area contributed by atoms with E-state index in [1.54, 1.807) is 6.07 Å². The second-order valence-electron chi connectivity index (χ2n) is 4.57. The Morgan fingerprint density at radius 1 is 1.47 bits per heavy atom. The van der Waals surface area contributed by atoms with Crippen LogP contribution in [-0.2, 0) is 0 Å². The van der Waals surface area contributed by atoms with Gasteiger partial charge in [-0.3, -0.25) is 9.47 Å². The molecule has 0 saturated carbocycles. The highest BCUT2D eigenvalue weighted by molar-refractivity contribution is 6.31. The quantitative estimate of drug-likeness (QED) is 0.844. The zero-order valence-corrected chi connectivity index (χ0v) is 10.4. The van der Waals surface area contributed by atoms with Gasteiger partial charge in [0.05, 0.1) is 17.2 Å². The first kappa shape index (κ1) is 10.9. The second kappa shape index (κ2) is 3.89. The predicted octanol–water partition coefficient (Wildman–Crippen LogP) is 2.21. The molecule has 3 rings (SSSR count). The molecule has 90 valence electrons. The fourth-order valence-corrected chi connectivity index (χ4v) is 2.78. The summed E-state index contributed by atoms with van der Waals surface area (Å²) in [6, 6.07) is 5.49. The Labute approximate surface area is 104 Å². The average Bonchev–Trinajstić information content (AvgIpc) is 2.81. The monoisotopic (exact) mass is 251 g/mol. The lowest BCUT2D eigenvalue weighted by atomic mass is 10.3. The van der Waals surface area contributed by atoms with Crippen molar-refractivity contribution >= 4 is 22.6 Å². The summed E-state index contributed by atoms with van der Waals surface area (Å²) in [7, 11) is 2.05. The van der Waals surface area contributed by atoms with E-state index in [-0.39, 0.29) is 11.9 Å². The Kier molecular flexibility index (Phi) is 2.49. The number of aromatic nitrogens is 2. The molecule has 0 spiro atoms. The van der Waals surface area contributed by atoms with Crippen molar-refractivity contribution in [1.82, 2.24) is 14.5 Å². The maximum Gasteiger partial charge on any atom is 0.327 e. The van der Waals surface area contributed by atoms with Gasteiger partial charge in [-0.15, -0.1) is 0 Å². The number of halogens is 1. The highest BCUT2D eigenvalue weighted by Gasteiger charge is 2.25. The molecule has 0 aliphatic carbocycles. The van der Waals surface area contributed by atoms with E-state index >= 15 is 0 Å². The van der Waals surface area contributed by atoms with Gasteiger partial charge in [0.2, 0.25) is 0 Å². The van der Waals surface area contributed by atoms with Crippen LogP contribution in [0.4, 0.5) is 0 Å². The van der Waals surface area contributed by atoms with Crippen LogP contribution < -0.4 is 5.69 Å². The summed E-state index contributed by atoms with van der Waals surface area (Å²) in [6.07, 6.45) is 2.28. The van der Waals surface area contributed by atoms with Crippen LogP contribution in [0.15, 0.2) is 23.0 Å². The summed E-state index contributed by atoms with van der Waals surface area (Å²) in [5.41, 5.74) is 1.68. The number of nitrogens with one attached hydrogen (secondary N) is 1. The topological polar surface area (TPSA) is 41.0 Å². The van der Waals surface area contributed by atoms with E-state index in [1.807, 2.05) is 23.7 Å². The molecule has 1 aliphatic rings. The Morgan fingerprint density at radius 2 is 2.29 bits per heavy atom. The van der Waals surface area contributed by atoms with Crippen LogP contribution >= 0.6 is 11.6 Å². The minimum atomic E-state index is -0.0546. The Hall–Kier alpha value is -1.26. The molecule has 1 atom stereocenters. The fourth-order valence-electron chi connectivity index (χ4n) is 2.61. The van der Waals surface area contributed by atoms with Gasteiger partial charge in [0.25, 0.3) is 0 Å². The van der Waals surface area contributed by atoms with Crippen molar-refractivity contribution in [1.29, 1.82) is 0 Å². The highest BCUT2D eigenvalue weighted by Crippen LogP contribution is 2.27. The molecule has 1 aliphatic heterocycles. The summed E-state index contributed by atoms with van der Waals surface area (Å²) >= 11 is 6.00. The van der Waals surface area contributed by atoms with Gasteiger partial charge in [0.15, 0.2) is 0 Å². The van der Waals surface area contributed by atoms with Crippen LogP contribution in [0.1, 0.15) is 19.0 Å². The van der Waals surface area contributed by atoms with Crippen molar-refractivity contribution in [3.8, 4) is 0 Å². The molecule has 1 saturated heterocycles. The number of imidazole rings is 1. The third-order valence-electron chi connectivity index (χ3n) is 3.46. The van der Waals surface area contributed by atoms with Crippen molar-refractivity contribution in [2.75, 3.05) is 13.6 Å². The van der Waals surface area contributed by atoms with Crippen molar-refractivity contribution in [3.63, 3.8) is 0 Å². The highest BCUT2D eigenvalue weighted by atomic mass is 35.5. The van der Waals surface area contributed by atoms with E-state index in [4.69, 9.17) is 11.6 Å². The number of likely N-dealkylation sites (tertiary alicyclic amines) is 1. The molecule has 1 aromatic carbocycles. The zero-order chi connectivity index (χ0) is 12.0. The van der Waals surface area contributed by atoms with Gasteiger partial charge >= 0.3 is 5.69 Å². The first-order chi connectivity index (χ1) is 8.16. The van der Waals surface area contributed by atoms with Crippen LogP contribution in [0.25, 0.3) is 11.0 Å². The summed E-state index contributed by atoms with van der Waals surface area (Å²) < 4.78 is 1.81. The average molecular weight is 252 g/mol. The molecule has 5 heteroatoms. The molecular weight excluding hydrogens is 238 g/mol. The number of aromatic amines is 1. The first-order valence-corrected chi connectivity index (χ1v) is 6.14. The molecule has 0 bridgehead atoms. The zero-order valence-electron chi connectivity index (χ0n) is 9.61. The van der Waals surface area contributed by atoms with Gasteiger partial charge in [-0.25, -0.2) is 4.79 Å². The van der Waals surface area contributed by atoms with Gasteiger partial charge in [-0.1, -0.05) is 11.6 Å². The number of fused-ring (bicyclic) bond motifs is 1. The minimum absolute atomic E-state index is 0.0546. The summed E-state index contributed by atoms with van der Waals surface area (Å²) in [6.45, 7) is 1.03. The standard InChI is InChI=1S/C12H14ClN3O/c1-15-6-2-3-11(15)16-10-7-8(13)4-5-9(10)14-12(16)17/h4-5,7,11H,2-3,6H2,1H3,(H,14,17). The molecule has 0 radical (unpaired) electrons. The van der Waals surface area contributed by atoms with E-state index in [1.165, 1.54) is 0 Å². The van der Waals surface area contributed by atoms with Crippen LogP contribution in [0.5, 0.6) is 0 Å². The number of nitrogens with zero attached hydrogens (tertiary/aromatic N) is 2. The third kappa shape index (κ3) is 1.68. The number of hydrogen-bond acceptors (Lipinski definition) is 2. The van der Waals surface area contributed by atoms with E-state index in [0.29, 0.717) is 5.02 Å². The molecule has 1 unspecified atom stereocenters. The van der Waals surface area contributed by atoms with Crippen LogP contribution in [0.3, 0.4) is 0 Å². The number of rotatable bonds is 1. The maximum atomic E-state index is 12.0. The number of H-pyrrole nitrogens is 1. The lowest BCUT2D eigenvalue weighted by molar-refractivity contribution is 0.238. The number of hydrogen-bond donors (Lipinski definition) is 1. The van der Waals surface area contributed by atoms with Gasteiger partial charge in [-0.05, 0) is 44.6 Å². The molecule has 1 aromatic heterocycles. The molecule has 17 heavy (non-hydrogen) atoms. The normalized spacial score (nSPS) is 21.4. The summed E-state index contributed by atoms with van der Waals surface area (Å²) in [5, 5.41) is 0.658. The van der Waals surface area contributed by atoms with Gasteiger partial charge < -0.3 is 4.98 Å². The molecule has 2 aromatic rings. The first-order valence-electron chi connectivity index (χ1n) is 5.77. The Bertz CT molecular complexity index is 616. The molecule has 1 fully saturated rings. The molecule has 0 amide bonds. The van der Waals surface area contributed by atoms with Crippen molar-refractivity contribution in [2.45, 2.75) is 19.0 Å². The van der Waals surface area contributed by atoms with E-state index in [9.17, 15) is 4.79 Å². The van der Waals surface area contributed by atoms with Crippen LogP contribution in [0, 0.1) is 0 Å². The summed E-state index contributed by atoms with van der Waals surface area (Å²) in [5.74, 6) is 0. The maximum absolute atomic E-state index is 12.0.